The second-order valence-corrected chi connectivity index (χ2v) is 5.82. The van der Waals surface area contributed by atoms with E-state index in [-0.39, 0.29) is 18.7 Å². The zero-order chi connectivity index (χ0) is 17.8. The Morgan fingerprint density at radius 1 is 1.38 bits per heavy atom. The number of carbonyl (C=O) groups is 1. The van der Waals surface area contributed by atoms with E-state index in [0.717, 1.165) is 0 Å². The van der Waals surface area contributed by atoms with Crippen LogP contribution in [0.2, 0.25) is 0 Å². The highest BCUT2D eigenvalue weighted by Gasteiger charge is 2.19. The van der Waals surface area contributed by atoms with Crippen molar-refractivity contribution in [2.75, 3.05) is 6.61 Å². The molecular formula is C19H26O5. The Kier molecular flexibility index (Phi) is 9.01. The molecule has 1 heterocycles. The van der Waals surface area contributed by atoms with Crippen molar-refractivity contribution in [2.45, 2.75) is 44.0 Å². The Morgan fingerprint density at radius 3 is 2.83 bits per heavy atom. The number of aliphatic hydroxyl groups is 3. The summed E-state index contributed by atoms with van der Waals surface area (Å²) in [6, 6.07) is 0. The Labute approximate surface area is 143 Å². The van der Waals surface area contributed by atoms with Crippen molar-refractivity contribution in [3.63, 3.8) is 0 Å². The van der Waals surface area contributed by atoms with E-state index in [1.54, 1.807) is 61.6 Å². The summed E-state index contributed by atoms with van der Waals surface area (Å²) in [5, 5.41) is 28.7. The first-order valence-corrected chi connectivity index (χ1v) is 8.01. The second-order valence-electron chi connectivity index (χ2n) is 5.82. The van der Waals surface area contributed by atoms with Crippen LogP contribution in [0.1, 0.15) is 26.2 Å². The van der Waals surface area contributed by atoms with Gasteiger partial charge in [0, 0.05) is 12.5 Å². The first-order valence-electron chi connectivity index (χ1n) is 8.01. The van der Waals surface area contributed by atoms with Crippen molar-refractivity contribution in [1.29, 1.82) is 0 Å². The fraction of sp³-hybridized carbons (Fsp3) is 0.421. The van der Waals surface area contributed by atoms with Gasteiger partial charge in [-0.15, -0.1) is 0 Å². The molecule has 1 rings (SSSR count). The van der Waals surface area contributed by atoms with Gasteiger partial charge in [-0.05, 0) is 25.8 Å². The normalized spacial score (nSPS) is 22.7. The molecule has 132 valence electrons. The molecule has 0 radical (unpaired) electrons. The molecule has 0 unspecified atom stereocenters. The fourth-order valence-corrected chi connectivity index (χ4v) is 2.05. The zero-order valence-electron chi connectivity index (χ0n) is 13.9. The molecule has 5 heteroatoms. The Hall–Kier alpha value is -1.95. The van der Waals surface area contributed by atoms with Gasteiger partial charge in [-0.1, -0.05) is 48.6 Å². The molecule has 0 fully saturated rings. The smallest absolute Gasteiger partial charge is 0.331 e. The number of hydrogen-bond acceptors (Lipinski definition) is 5. The largest absolute Gasteiger partial charge is 0.455 e. The van der Waals surface area contributed by atoms with E-state index in [1.165, 1.54) is 6.08 Å². The van der Waals surface area contributed by atoms with E-state index in [1.807, 2.05) is 0 Å². The van der Waals surface area contributed by atoms with Gasteiger partial charge in [0.25, 0.3) is 0 Å². The van der Waals surface area contributed by atoms with E-state index in [9.17, 15) is 15.0 Å². The third-order valence-electron chi connectivity index (χ3n) is 3.41. The van der Waals surface area contributed by atoms with Crippen LogP contribution in [0.4, 0.5) is 0 Å². The van der Waals surface area contributed by atoms with Gasteiger partial charge < -0.3 is 20.1 Å². The van der Waals surface area contributed by atoms with Gasteiger partial charge in [0.15, 0.2) is 0 Å². The number of ether oxygens (including phenoxy) is 1. The van der Waals surface area contributed by atoms with E-state index >= 15 is 0 Å². The summed E-state index contributed by atoms with van der Waals surface area (Å²) in [6.45, 7) is 1.65. The van der Waals surface area contributed by atoms with Crippen LogP contribution in [0.15, 0.2) is 60.8 Å². The van der Waals surface area contributed by atoms with Gasteiger partial charge in [0.2, 0.25) is 0 Å². The Bertz CT molecular complexity index is 526. The number of hydrogen-bond donors (Lipinski definition) is 3. The van der Waals surface area contributed by atoms with E-state index in [4.69, 9.17) is 9.84 Å². The fourth-order valence-electron chi connectivity index (χ4n) is 2.05. The van der Waals surface area contributed by atoms with E-state index < -0.39 is 11.7 Å². The van der Waals surface area contributed by atoms with Crippen LogP contribution in [-0.4, -0.2) is 45.7 Å². The summed E-state index contributed by atoms with van der Waals surface area (Å²) >= 11 is 0. The van der Waals surface area contributed by atoms with Gasteiger partial charge in [-0.25, -0.2) is 4.79 Å². The van der Waals surface area contributed by atoms with Crippen LogP contribution in [0, 0.1) is 0 Å². The quantitative estimate of drug-likeness (QED) is 0.341. The van der Waals surface area contributed by atoms with Crippen LogP contribution >= 0.6 is 0 Å². The summed E-state index contributed by atoms with van der Waals surface area (Å²) in [5.74, 6) is -0.377. The molecule has 3 atom stereocenters. The second kappa shape index (κ2) is 10.8. The van der Waals surface area contributed by atoms with Crippen LogP contribution in [0.25, 0.3) is 0 Å². The highest BCUT2D eigenvalue weighted by atomic mass is 16.5. The van der Waals surface area contributed by atoms with Crippen molar-refractivity contribution >= 4 is 5.97 Å². The first kappa shape index (κ1) is 20.1. The molecule has 0 spiro atoms. The molecule has 0 amide bonds. The summed E-state index contributed by atoms with van der Waals surface area (Å²) in [4.78, 5) is 11.1. The van der Waals surface area contributed by atoms with Crippen molar-refractivity contribution in [3.8, 4) is 0 Å². The Morgan fingerprint density at radius 2 is 2.12 bits per heavy atom. The minimum absolute atomic E-state index is 0.00434. The predicted octanol–water partition coefficient (Wildman–Crippen LogP) is 1.97. The van der Waals surface area contributed by atoms with Gasteiger partial charge in [-0.2, -0.15) is 0 Å². The number of carbonyl (C=O) groups excluding carboxylic acids is 1. The zero-order valence-corrected chi connectivity index (χ0v) is 13.9. The molecule has 0 bridgehead atoms. The Balaban J connectivity index is 2.36. The maximum atomic E-state index is 11.1. The van der Waals surface area contributed by atoms with E-state index in [2.05, 4.69) is 0 Å². The molecule has 0 aromatic heterocycles. The molecule has 0 aliphatic carbocycles. The molecule has 3 N–H and O–H groups in total. The molecule has 0 aromatic rings. The average Bonchev–Trinajstić information content (AvgIpc) is 2.55. The summed E-state index contributed by atoms with van der Waals surface area (Å²) in [7, 11) is 0. The highest BCUT2D eigenvalue weighted by Crippen LogP contribution is 2.18. The monoisotopic (exact) mass is 334 g/mol. The van der Waals surface area contributed by atoms with Crippen LogP contribution < -0.4 is 0 Å². The maximum absolute atomic E-state index is 11.1. The van der Waals surface area contributed by atoms with Crippen molar-refractivity contribution in [1.82, 2.24) is 0 Å². The van der Waals surface area contributed by atoms with Crippen molar-refractivity contribution in [3.05, 3.63) is 60.8 Å². The molecule has 1 aliphatic rings. The van der Waals surface area contributed by atoms with Gasteiger partial charge in [-0.3, -0.25) is 0 Å². The molecule has 5 nitrogen and oxygen atoms in total. The molecule has 24 heavy (non-hydrogen) atoms. The summed E-state index contributed by atoms with van der Waals surface area (Å²) in [5.41, 5.74) is -1.08. The summed E-state index contributed by atoms with van der Waals surface area (Å²) < 4.78 is 5.09. The van der Waals surface area contributed by atoms with E-state index in [0.29, 0.717) is 19.3 Å². The maximum Gasteiger partial charge on any atom is 0.331 e. The average molecular weight is 334 g/mol. The minimum atomic E-state index is -1.08. The van der Waals surface area contributed by atoms with Gasteiger partial charge >= 0.3 is 5.97 Å². The predicted molar refractivity (Wildman–Crippen MR) is 93.1 cm³/mol. The molecule has 0 saturated heterocycles. The lowest BCUT2D eigenvalue weighted by molar-refractivity contribution is -0.141. The molecule has 1 aliphatic heterocycles. The first-order chi connectivity index (χ1) is 11.4. The van der Waals surface area contributed by atoms with Crippen molar-refractivity contribution in [2.24, 2.45) is 0 Å². The topological polar surface area (TPSA) is 87.0 Å². The van der Waals surface area contributed by atoms with Crippen LogP contribution in [0.5, 0.6) is 0 Å². The highest BCUT2D eigenvalue weighted by molar-refractivity contribution is 5.82. The third-order valence-corrected chi connectivity index (χ3v) is 3.41. The molecule has 0 aromatic carbocycles. The lowest BCUT2D eigenvalue weighted by atomic mass is 9.96. The third kappa shape index (κ3) is 9.25. The SMILES string of the molecule is C[C@@](O)(/C=C/[C@H]1CC=CC(=O)O1)CC[C@@H](O)\C=C/C=C\C=C\CO. The number of aliphatic hydroxyl groups excluding tert-OH is 2. The lowest BCUT2D eigenvalue weighted by Gasteiger charge is -2.22. The van der Waals surface area contributed by atoms with Gasteiger partial charge in [0.1, 0.15) is 6.10 Å². The number of esters is 1. The standard InChI is InChI=1S/C19H26O5/c1-19(23,14-12-17-9-7-10-18(22)24-17)13-11-16(21)8-5-3-2-4-6-15-20/h2-8,10,12,14,16-17,20-21,23H,9,11,13,15H2,1H3/b3-2-,6-4+,8-5-,14-12+/t16-,17+,19-/m0/s1. The van der Waals surface area contributed by atoms with Crippen LogP contribution in [0.3, 0.4) is 0 Å². The minimum Gasteiger partial charge on any atom is -0.455 e. The number of rotatable bonds is 9. The summed E-state index contributed by atoms with van der Waals surface area (Å²) in [6.07, 6.45) is 16.9. The van der Waals surface area contributed by atoms with Crippen LogP contribution in [-0.2, 0) is 9.53 Å². The number of allylic oxidation sites excluding steroid dienone is 4. The van der Waals surface area contributed by atoms with Crippen molar-refractivity contribution < 1.29 is 24.9 Å². The molecular weight excluding hydrogens is 308 g/mol. The number of cyclic esters (lactones) is 1. The molecule has 0 saturated carbocycles. The lowest BCUT2D eigenvalue weighted by Crippen LogP contribution is -2.25. The van der Waals surface area contributed by atoms with Gasteiger partial charge in [0.05, 0.1) is 18.3 Å².